The maximum absolute atomic E-state index is 13.4. The quantitative estimate of drug-likeness (QED) is 0.286. The van der Waals surface area contributed by atoms with E-state index < -0.39 is 0 Å². The molecule has 37 heavy (non-hydrogen) atoms. The Morgan fingerprint density at radius 2 is 1.49 bits per heavy atom. The highest BCUT2D eigenvalue weighted by Gasteiger charge is 2.72. The van der Waals surface area contributed by atoms with Gasteiger partial charge in [0.15, 0.2) is 0 Å². The SMILES string of the molecule is C=C(C)C1CC[C@]2(C(=O)OC)CC[C@]3(C)[C@H](CC[C@@H]4[C@@]5(C)CC[C@H](OC(C)=O)C(C)(C)[C@@H]5CC[C@]43C)C12. The van der Waals surface area contributed by atoms with Gasteiger partial charge < -0.3 is 9.47 Å². The van der Waals surface area contributed by atoms with E-state index in [0.29, 0.717) is 29.6 Å². The van der Waals surface area contributed by atoms with Gasteiger partial charge in [-0.3, -0.25) is 9.59 Å². The molecule has 0 aromatic heterocycles. The third-order valence-corrected chi connectivity index (χ3v) is 13.9. The van der Waals surface area contributed by atoms with Crippen LogP contribution in [0.5, 0.6) is 0 Å². The number of hydrogen-bond donors (Lipinski definition) is 0. The lowest BCUT2D eigenvalue weighted by Crippen LogP contribution is -2.67. The van der Waals surface area contributed by atoms with Gasteiger partial charge in [-0.1, -0.05) is 46.8 Å². The Balaban J connectivity index is 1.52. The maximum atomic E-state index is 13.4. The van der Waals surface area contributed by atoms with E-state index in [-0.39, 0.29) is 45.1 Å². The Hall–Kier alpha value is -1.32. The standard InChI is InChI=1S/C33H52O4/c1-20(2)22-12-17-33(28(35)36-9)19-18-31(7)23(27(22)33)10-11-25-30(6)15-14-26(37-21(3)34)29(4,5)24(30)13-16-32(25,31)8/h22-27H,1,10-19H2,2-9H3/t22?,23-,24+,25-,26+,27?,30+,31-,32-,33+/m1/s1. The molecule has 5 aliphatic rings. The highest BCUT2D eigenvalue weighted by molar-refractivity contribution is 5.78. The summed E-state index contributed by atoms with van der Waals surface area (Å²) in [7, 11) is 1.59. The van der Waals surface area contributed by atoms with Crippen molar-refractivity contribution < 1.29 is 19.1 Å². The molecule has 2 unspecified atom stereocenters. The van der Waals surface area contributed by atoms with Crippen molar-refractivity contribution >= 4 is 11.9 Å². The fourth-order valence-corrected chi connectivity index (χ4v) is 12.1. The van der Waals surface area contributed by atoms with Crippen LogP contribution in [0.3, 0.4) is 0 Å². The van der Waals surface area contributed by atoms with Gasteiger partial charge in [0.05, 0.1) is 12.5 Å². The van der Waals surface area contributed by atoms with Gasteiger partial charge >= 0.3 is 11.9 Å². The minimum absolute atomic E-state index is 0.0130. The molecule has 0 N–H and O–H groups in total. The topological polar surface area (TPSA) is 52.6 Å². The summed E-state index contributed by atoms with van der Waals surface area (Å²) in [6.45, 7) is 20.7. The van der Waals surface area contributed by atoms with E-state index in [0.717, 1.165) is 38.5 Å². The molecule has 0 aliphatic heterocycles. The van der Waals surface area contributed by atoms with E-state index in [1.807, 2.05) is 0 Å². The second kappa shape index (κ2) is 8.59. The zero-order valence-electron chi connectivity index (χ0n) is 24.9. The van der Waals surface area contributed by atoms with E-state index in [2.05, 4.69) is 48.1 Å². The molecule has 4 heteroatoms. The van der Waals surface area contributed by atoms with Crippen molar-refractivity contribution in [2.75, 3.05) is 7.11 Å². The molecule has 208 valence electrons. The second-order valence-electron chi connectivity index (χ2n) is 15.3. The normalized spacial score (nSPS) is 50.1. The third kappa shape index (κ3) is 3.45. The summed E-state index contributed by atoms with van der Waals surface area (Å²) in [6.07, 6.45) is 11.1. The molecular formula is C33H52O4. The molecule has 10 atom stereocenters. The molecule has 0 radical (unpaired) electrons. The third-order valence-electron chi connectivity index (χ3n) is 13.9. The molecular weight excluding hydrogens is 460 g/mol. The Morgan fingerprint density at radius 3 is 2.11 bits per heavy atom. The largest absolute Gasteiger partial charge is 0.469 e. The molecule has 0 spiro atoms. The zero-order valence-corrected chi connectivity index (χ0v) is 24.9. The van der Waals surface area contributed by atoms with Crippen molar-refractivity contribution in [3.05, 3.63) is 12.2 Å². The minimum atomic E-state index is -0.322. The molecule has 0 aromatic rings. The second-order valence-corrected chi connectivity index (χ2v) is 15.3. The Kier molecular flexibility index (Phi) is 6.33. The van der Waals surface area contributed by atoms with Crippen LogP contribution in [-0.4, -0.2) is 25.2 Å². The van der Waals surface area contributed by atoms with Crippen molar-refractivity contribution in [3.63, 3.8) is 0 Å². The Labute approximate surface area is 225 Å². The van der Waals surface area contributed by atoms with Crippen LogP contribution in [0.2, 0.25) is 0 Å². The smallest absolute Gasteiger partial charge is 0.312 e. The first-order valence-electron chi connectivity index (χ1n) is 15.1. The first-order chi connectivity index (χ1) is 17.2. The average Bonchev–Trinajstić information content (AvgIpc) is 3.22. The van der Waals surface area contributed by atoms with Crippen molar-refractivity contribution in [1.82, 2.24) is 0 Å². The Morgan fingerprint density at radius 1 is 0.784 bits per heavy atom. The van der Waals surface area contributed by atoms with Crippen molar-refractivity contribution in [3.8, 4) is 0 Å². The van der Waals surface area contributed by atoms with Crippen LogP contribution in [0.1, 0.15) is 113 Å². The summed E-state index contributed by atoms with van der Waals surface area (Å²) in [5.74, 6) is 2.43. The zero-order chi connectivity index (χ0) is 27.2. The Bertz CT molecular complexity index is 983. The molecule has 0 saturated heterocycles. The van der Waals surface area contributed by atoms with Crippen LogP contribution < -0.4 is 0 Å². The summed E-state index contributed by atoms with van der Waals surface area (Å²) in [5.41, 5.74) is 1.63. The molecule has 5 aliphatic carbocycles. The molecule has 5 rings (SSSR count). The lowest BCUT2D eigenvalue weighted by atomic mass is 9.32. The van der Waals surface area contributed by atoms with Gasteiger partial charge in [-0.15, -0.1) is 0 Å². The van der Waals surface area contributed by atoms with Crippen LogP contribution in [0, 0.1) is 56.7 Å². The van der Waals surface area contributed by atoms with Gasteiger partial charge in [0.1, 0.15) is 6.10 Å². The van der Waals surface area contributed by atoms with E-state index in [1.165, 1.54) is 31.3 Å². The number of hydrogen-bond acceptors (Lipinski definition) is 4. The van der Waals surface area contributed by atoms with Crippen LogP contribution in [-0.2, 0) is 19.1 Å². The molecule has 5 saturated carbocycles. The predicted molar refractivity (Wildman–Crippen MR) is 147 cm³/mol. The molecule has 5 fully saturated rings. The summed E-state index contributed by atoms with van der Waals surface area (Å²) in [5, 5.41) is 0. The van der Waals surface area contributed by atoms with Gasteiger partial charge in [0, 0.05) is 12.3 Å². The van der Waals surface area contributed by atoms with E-state index in [4.69, 9.17) is 9.47 Å². The fraction of sp³-hybridized carbons (Fsp3) is 0.879. The minimum Gasteiger partial charge on any atom is -0.469 e. The number of esters is 2. The van der Waals surface area contributed by atoms with Gasteiger partial charge in [-0.2, -0.15) is 0 Å². The van der Waals surface area contributed by atoms with Gasteiger partial charge in [0.2, 0.25) is 0 Å². The van der Waals surface area contributed by atoms with Crippen LogP contribution in [0.4, 0.5) is 0 Å². The number of methoxy groups -OCH3 is 1. The molecule has 0 aromatic carbocycles. The number of rotatable bonds is 3. The van der Waals surface area contributed by atoms with E-state index in [9.17, 15) is 9.59 Å². The highest BCUT2D eigenvalue weighted by Crippen LogP contribution is 2.77. The number of allylic oxidation sites excluding steroid dienone is 1. The highest BCUT2D eigenvalue weighted by atomic mass is 16.5. The summed E-state index contributed by atoms with van der Waals surface area (Å²) in [4.78, 5) is 25.3. The average molecular weight is 513 g/mol. The van der Waals surface area contributed by atoms with E-state index in [1.54, 1.807) is 14.0 Å². The number of fused-ring (bicyclic) bond motifs is 7. The van der Waals surface area contributed by atoms with E-state index >= 15 is 0 Å². The number of carbonyl (C=O) groups is 2. The van der Waals surface area contributed by atoms with Crippen LogP contribution in [0.15, 0.2) is 12.2 Å². The predicted octanol–water partition coefficient (Wildman–Crippen LogP) is 7.75. The summed E-state index contributed by atoms with van der Waals surface area (Å²) < 4.78 is 11.4. The maximum Gasteiger partial charge on any atom is 0.312 e. The lowest BCUT2D eigenvalue weighted by molar-refractivity contribution is -0.250. The molecule has 0 bridgehead atoms. The van der Waals surface area contributed by atoms with Gasteiger partial charge in [0.25, 0.3) is 0 Å². The first kappa shape index (κ1) is 27.3. The number of carbonyl (C=O) groups excluding carboxylic acids is 2. The molecule has 0 heterocycles. The van der Waals surface area contributed by atoms with Crippen LogP contribution in [0.25, 0.3) is 0 Å². The van der Waals surface area contributed by atoms with Gasteiger partial charge in [-0.25, -0.2) is 0 Å². The summed E-state index contributed by atoms with van der Waals surface area (Å²) >= 11 is 0. The van der Waals surface area contributed by atoms with Gasteiger partial charge in [-0.05, 0) is 117 Å². The van der Waals surface area contributed by atoms with Crippen LogP contribution >= 0.6 is 0 Å². The van der Waals surface area contributed by atoms with Crippen molar-refractivity contribution in [1.29, 1.82) is 0 Å². The summed E-state index contributed by atoms with van der Waals surface area (Å²) in [6, 6.07) is 0. The van der Waals surface area contributed by atoms with Crippen molar-refractivity contribution in [2.45, 2.75) is 119 Å². The molecule has 4 nitrogen and oxygen atoms in total. The number of ether oxygens (including phenoxy) is 2. The lowest BCUT2D eigenvalue weighted by Gasteiger charge is -2.72. The first-order valence-corrected chi connectivity index (χ1v) is 15.1. The fourth-order valence-electron chi connectivity index (χ4n) is 12.1. The molecule has 0 amide bonds. The van der Waals surface area contributed by atoms with Crippen molar-refractivity contribution in [2.24, 2.45) is 56.7 Å². The monoisotopic (exact) mass is 512 g/mol.